The van der Waals surface area contributed by atoms with E-state index in [2.05, 4.69) is 29.6 Å². The molecule has 3 nitrogen and oxygen atoms in total. The van der Waals surface area contributed by atoms with Crippen LogP contribution in [0.25, 0.3) is 0 Å². The molecule has 0 radical (unpaired) electrons. The van der Waals surface area contributed by atoms with Crippen LogP contribution in [0.15, 0.2) is 48.5 Å². The van der Waals surface area contributed by atoms with E-state index in [9.17, 15) is 0 Å². The summed E-state index contributed by atoms with van der Waals surface area (Å²) in [6.45, 7) is 0. The molecule has 1 heterocycles. The molecule has 0 spiro atoms. The summed E-state index contributed by atoms with van der Waals surface area (Å²) in [5, 5.41) is 3.72. The van der Waals surface area contributed by atoms with Crippen molar-refractivity contribution in [2.24, 2.45) is 0 Å². The molecule has 1 N–H and O–H groups in total. The Hall–Kier alpha value is -2.00. The average molecular weight is 283 g/mol. The lowest BCUT2D eigenvalue weighted by Crippen LogP contribution is -2.17. The first-order chi connectivity index (χ1) is 10.3. The van der Waals surface area contributed by atoms with Crippen molar-refractivity contribution < 1.29 is 9.47 Å². The number of rotatable bonds is 4. The van der Waals surface area contributed by atoms with Crippen molar-refractivity contribution >= 4 is 0 Å². The molecular formula is C18H21NO2. The van der Waals surface area contributed by atoms with E-state index in [1.165, 1.54) is 11.1 Å². The summed E-state index contributed by atoms with van der Waals surface area (Å²) in [6, 6.07) is 17.5. The molecule has 1 saturated heterocycles. The Morgan fingerprint density at radius 3 is 1.43 bits per heavy atom. The van der Waals surface area contributed by atoms with E-state index < -0.39 is 0 Å². The molecule has 0 aromatic heterocycles. The summed E-state index contributed by atoms with van der Waals surface area (Å²) in [6.07, 6.45) is 2.31. The minimum absolute atomic E-state index is 0.419. The van der Waals surface area contributed by atoms with Gasteiger partial charge in [-0.3, -0.25) is 0 Å². The molecule has 2 atom stereocenters. The molecule has 1 aliphatic rings. The zero-order valence-electron chi connectivity index (χ0n) is 12.5. The third kappa shape index (κ3) is 3.03. The van der Waals surface area contributed by atoms with Gasteiger partial charge in [-0.1, -0.05) is 24.3 Å². The van der Waals surface area contributed by atoms with Gasteiger partial charge in [-0.05, 0) is 48.2 Å². The van der Waals surface area contributed by atoms with Crippen molar-refractivity contribution in [3.05, 3.63) is 59.7 Å². The van der Waals surface area contributed by atoms with Gasteiger partial charge in [0, 0.05) is 12.1 Å². The molecule has 110 valence electrons. The maximum Gasteiger partial charge on any atom is 0.118 e. The van der Waals surface area contributed by atoms with Gasteiger partial charge in [0.1, 0.15) is 11.5 Å². The molecule has 3 rings (SSSR count). The fourth-order valence-electron chi connectivity index (χ4n) is 2.94. The molecule has 1 fully saturated rings. The molecule has 2 unspecified atom stereocenters. The lowest BCUT2D eigenvalue weighted by atomic mass is 10.0. The second kappa shape index (κ2) is 6.19. The Morgan fingerprint density at radius 1 is 0.714 bits per heavy atom. The molecule has 3 heteroatoms. The number of hydrogen-bond donors (Lipinski definition) is 1. The summed E-state index contributed by atoms with van der Waals surface area (Å²) in [5.74, 6) is 1.81. The van der Waals surface area contributed by atoms with Gasteiger partial charge < -0.3 is 14.8 Å². The molecule has 21 heavy (non-hydrogen) atoms. The van der Waals surface area contributed by atoms with Gasteiger partial charge in [-0.25, -0.2) is 0 Å². The highest BCUT2D eigenvalue weighted by Crippen LogP contribution is 2.35. The first kappa shape index (κ1) is 14.0. The minimum atomic E-state index is 0.419. The van der Waals surface area contributed by atoms with Crippen LogP contribution in [0, 0.1) is 0 Å². The van der Waals surface area contributed by atoms with Crippen molar-refractivity contribution in [2.45, 2.75) is 24.9 Å². The van der Waals surface area contributed by atoms with E-state index in [-0.39, 0.29) is 0 Å². The van der Waals surface area contributed by atoms with Gasteiger partial charge in [0.25, 0.3) is 0 Å². The second-order valence-electron chi connectivity index (χ2n) is 5.40. The zero-order valence-corrected chi connectivity index (χ0v) is 12.5. The van der Waals surface area contributed by atoms with Crippen LogP contribution in [-0.2, 0) is 0 Å². The van der Waals surface area contributed by atoms with Crippen LogP contribution in [0.5, 0.6) is 11.5 Å². The highest BCUT2D eigenvalue weighted by Gasteiger charge is 2.25. The second-order valence-corrected chi connectivity index (χ2v) is 5.40. The standard InChI is InChI=1S/C18H21NO2/c1-20-15-7-3-13(4-8-15)17-11-12-18(19-17)14-5-9-16(21-2)10-6-14/h3-10,17-19H,11-12H2,1-2H3. The van der Waals surface area contributed by atoms with Crippen LogP contribution in [0.4, 0.5) is 0 Å². The smallest absolute Gasteiger partial charge is 0.118 e. The Labute approximate surface area is 125 Å². The zero-order chi connectivity index (χ0) is 14.7. The summed E-state index contributed by atoms with van der Waals surface area (Å²) in [7, 11) is 3.39. The SMILES string of the molecule is COc1ccc(C2CCC(c3ccc(OC)cc3)N2)cc1. The van der Waals surface area contributed by atoms with Gasteiger partial charge in [0.2, 0.25) is 0 Å². The van der Waals surface area contributed by atoms with Crippen molar-refractivity contribution in [1.29, 1.82) is 0 Å². The van der Waals surface area contributed by atoms with E-state index in [1.807, 2.05) is 24.3 Å². The van der Waals surface area contributed by atoms with Crippen LogP contribution in [0.1, 0.15) is 36.1 Å². The van der Waals surface area contributed by atoms with E-state index in [1.54, 1.807) is 14.2 Å². The Bertz CT molecular complexity index is 524. The number of nitrogens with one attached hydrogen (secondary N) is 1. The molecule has 0 saturated carbocycles. The van der Waals surface area contributed by atoms with E-state index in [0.717, 1.165) is 24.3 Å². The number of methoxy groups -OCH3 is 2. The molecule has 2 aromatic rings. The van der Waals surface area contributed by atoms with Crippen molar-refractivity contribution in [3.8, 4) is 11.5 Å². The molecule has 2 aromatic carbocycles. The summed E-state index contributed by atoms with van der Waals surface area (Å²) < 4.78 is 10.4. The monoisotopic (exact) mass is 283 g/mol. The van der Waals surface area contributed by atoms with Crippen molar-refractivity contribution in [2.75, 3.05) is 14.2 Å². The molecule has 0 bridgehead atoms. The molecular weight excluding hydrogens is 262 g/mol. The Kier molecular flexibility index (Phi) is 4.11. The number of ether oxygens (including phenoxy) is 2. The lowest BCUT2D eigenvalue weighted by Gasteiger charge is -2.15. The summed E-state index contributed by atoms with van der Waals surface area (Å²) >= 11 is 0. The number of benzene rings is 2. The normalized spacial score (nSPS) is 21.2. The molecule has 0 amide bonds. The predicted molar refractivity (Wildman–Crippen MR) is 83.8 cm³/mol. The highest BCUT2D eigenvalue weighted by atomic mass is 16.5. The van der Waals surface area contributed by atoms with Crippen LogP contribution in [0.2, 0.25) is 0 Å². The van der Waals surface area contributed by atoms with Crippen molar-refractivity contribution in [3.63, 3.8) is 0 Å². The maximum absolute atomic E-state index is 5.21. The van der Waals surface area contributed by atoms with Gasteiger partial charge >= 0.3 is 0 Å². The average Bonchev–Trinajstić information content (AvgIpc) is 3.05. The van der Waals surface area contributed by atoms with Gasteiger partial charge in [0.15, 0.2) is 0 Å². The van der Waals surface area contributed by atoms with Gasteiger partial charge in [-0.15, -0.1) is 0 Å². The minimum Gasteiger partial charge on any atom is -0.497 e. The quantitative estimate of drug-likeness (QED) is 0.924. The van der Waals surface area contributed by atoms with E-state index in [0.29, 0.717) is 12.1 Å². The number of hydrogen-bond acceptors (Lipinski definition) is 3. The van der Waals surface area contributed by atoms with Crippen LogP contribution >= 0.6 is 0 Å². The molecule has 1 aliphatic heterocycles. The van der Waals surface area contributed by atoms with Crippen LogP contribution in [0.3, 0.4) is 0 Å². The largest absolute Gasteiger partial charge is 0.497 e. The Morgan fingerprint density at radius 2 is 1.10 bits per heavy atom. The third-order valence-corrected chi connectivity index (χ3v) is 4.18. The first-order valence-corrected chi connectivity index (χ1v) is 7.34. The highest BCUT2D eigenvalue weighted by molar-refractivity contribution is 5.32. The van der Waals surface area contributed by atoms with Gasteiger partial charge in [-0.2, -0.15) is 0 Å². The van der Waals surface area contributed by atoms with Crippen molar-refractivity contribution in [1.82, 2.24) is 5.32 Å². The van der Waals surface area contributed by atoms with Gasteiger partial charge in [0.05, 0.1) is 14.2 Å². The fourth-order valence-corrected chi connectivity index (χ4v) is 2.94. The summed E-state index contributed by atoms with van der Waals surface area (Å²) in [5.41, 5.74) is 2.65. The molecule has 0 aliphatic carbocycles. The van der Waals surface area contributed by atoms with E-state index in [4.69, 9.17) is 9.47 Å². The lowest BCUT2D eigenvalue weighted by molar-refractivity contribution is 0.414. The maximum atomic E-state index is 5.21. The van der Waals surface area contributed by atoms with Crippen LogP contribution < -0.4 is 14.8 Å². The van der Waals surface area contributed by atoms with E-state index >= 15 is 0 Å². The Balaban J connectivity index is 1.68. The van der Waals surface area contributed by atoms with Crippen LogP contribution in [-0.4, -0.2) is 14.2 Å². The topological polar surface area (TPSA) is 30.5 Å². The summed E-state index contributed by atoms with van der Waals surface area (Å²) in [4.78, 5) is 0. The third-order valence-electron chi connectivity index (χ3n) is 4.18. The predicted octanol–water partition coefficient (Wildman–Crippen LogP) is 3.87. The fraction of sp³-hybridized carbons (Fsp3) is 0.333. The first-order valence-electron chi connectivity index (χ1n) is 7.34.